The molecule has 4 heteroatoms. The summed E-state index contributed by atoms with van der Waals surface area (Å²) in [5.74, 6) is 4.91. The van der Waals surface area contributed by atoms with Crippen LogP contribution in [0, 0.1) is 0 Å². The molecule has 1 rings (SSSR count). The second-order valence-electron chi connectivity index (χ2n) is 4.78. The van der Waals surface area contributed by atoms with E-state index >= 15 is 0 Å². The van der Waals surface area contributed by atoms with Crippen LogP contribution in [0.2, 0.25) is 0 Å². The minimum atomic E-state index is -0.161. The van der Waals surface area contributed by atoms with Crippen LogP contribution in [0.1, 0.15) is 37.8 Å². The highest BCUT2D eigenvalue weighted by molar-refractivity contribution is 5.77. The standard InChI is InChI=1S/C15H25N3O/c1-3-5-10-18(4-2)12-14-8-6-13(7-9-14)11-15(19)17-16/h6-9H,3-5,10-12,16H2,1-2H3,(H,17,19). The lowest BCUT2D eigenvalue weighted by atomic mass is 10.1. The smallest absolute Gasteiger partial charge is 0.238 e. The van der Waals surface area contributed by atoms with Gasteiger partial charge < -0.3 is 0 Å². The molecule has 0 aliphatic carbocycles. The van der Waals surface area contributed by atoms with Gasteiger partial charge in [0.15, 0.2) is 0 Å². The van der Waals surface area contributed by atoms with Gasteiger partial charge in [0, 0.05) is 6.54 Å². The van der Waals surface area contributed by atoms with Gasteiger partial charge in [-0.25, -0.2) is 5.84 Å². The topological polar surface area (TPSA) is 58.4 Å². The van der Waals surface area contributed by atoms with Crippen LogP contribution in [-0.4, -0.2) is 23.9 Å². The number of carbonyl (C=O) groups is 1. The maximum absolute atomic E-state index is 11.2. The van der Waals surface area contributed by atoms with E-state index in [0.29, 0.717) is 6.42 Å². The number of hydrogen-bond acceptors (Lipinski definition) is 3. The number of rotatable bonds is 8. The summed E-state index contributed by atoms with van der Waals surface area (Å²) in [5.41, 5.74) is 4.42. The molecular formula is C15H25N3O. The Morgan fingerprint density at radius 3 is 2.37 bits per heavy atom. The maximum atomic E-state index is 11.2. The molecule has 0 atom stereocenters. The summed E-state index contributed by atoms with van der Waals surface area (Å²) in [6.07, 6.45) is 2.80. The fourth-order valence-electron chi connectivity index (χ4n) is 1.99. The number of unbranched alkanes of at least 4 members (excludes halogenated alkanes) is 1. The van der Waals surface area contributed by atoms with Crippen LogP contribution in [0.5, 0.6) is 0 Å². The van der Waals surface area contributed by atoms with Crippen LogP contribution < -0.4 is 11.3 Å². The summed E-state index contributed by atoms with van der Waals surface area (Å²) >= 11 is 0. The molecule has 0 spiro atoms. The first-order chi connectivity index (χ1) is 9.19. The molecule has 0 aliphatic heterocycles. The summed E-state index contributed by atoms with van der Waals surface area (Å²) in [6, 6.07) is 8.18. The molecule has 3 N–H and O–H groups in total. The van der Waals surface area contributed by atoms with Crippen LogP contribution in [0.15, 0.2) is 24.3 Å². The molecule has 0 bridgehead atoms. The van der Waals surface area contributed by atoms with Gasteiger partial charge in [0.2, 0.25) is 5.91 Å². The van der Waals surface area contributed by atoms with Crippen molar-refractivity contribution in [2.75, 3.05) is 13.1 Å². The average molecular weight is 263 g/mol. The molecule has 106 valence electrons. The summed E-state index contributed by atoms with van der Waals surface area (Å²) in [4.78, 5) is 13.6. The van der Waals surface area contributed by atoms with Gasteiger partial charge in [-0.3, -0.25) is 15.1 Å². The summed E-state index contributed by atoms with van der Waals surface area (Å²) < 4.78 is 0. The van der Waals surface area contributed by atoms with E-state index in [2.05, 4.69) is 36.3 Å². The van der Waals surface area contributed by atoms with E-state index in [9.17, 15) is 4.79 Å². The third-order valence-electron chi connectivity index (χ3n) is 3.23. The highest BCUT2D eigenvalue weighted by Gasteiger charge is 2.04. The molecule has 0 radical (unpaired) electrons. The van der Waals surface area contributed by atoms with Crippen LogP contribution in [0.25, 0.3) is 0 Å². The summed E-state index contributed by atoms with van der Waals surface area (Å²) in [5, 5.41) is 0. The largest absolute Gasteiger partial charge is 0.299 e. The molecule has 0 saturated heterocycles. The highest BCUT2D eigenvalue weighted by atomic mass is 16.2. The van der Waals surface area contributed by atoms with Crippen LogP contribution in [-0.2, 0) is 17.8 Å². The fourth-order valence-corrected chi connectivity index (χ4v) is 1.99. The molecule has 0 saturated carbocycles. The molecule has 1 aromatic carbocycles. The quantitative estimate of drug-likeness (QED) is 0.427. The first-order valence-corrected chi connectivity index (χ1v) is 6.99. The third kappa shape index (κ3) is 5.85. The number of hydrazine groups is 1. The van der Waals surface area contributed by atoms with E-state index in [-0.39, 0.29) is 5.91 Å². The van der Waals surface area contributed by atoms with Gasteiger partial charge in [-0.05, 0) is 30.6 Å². The van der Waals surface area contributed by atoms with Crippen molar-refractivity contribution in [3.8, 4) is 0 Å². The third-order valence-corrected chi connectivity index (χ3v) is 3.23. The number of nitrogens with one attached hydrogen (secondary N) is 1. The van der Waals surface area contributed by atoms with E-state index in [1.807, 2.05) is 12.1 Å². The van der Waals surface area contributed by atoms with Crippen molar-refractivity contribution in [1.29, 1.82) is 0 Å². The highest BCUT2D eigenvalue weighted by Crippen LogP contribution is 2.09. The predicted octanol–water partition coefficient (Wildman–Crippen LogP) is 1.84. The van der Waals surface area contributed by atoms with Crippen molar-refractivity contribution < 1.29 is 4.79 Å². The van der Waals surface area contributed by atoms with Crippen molar-refractivity contribution in [1.82, 2.24) is 10.3 Å². The van der Waals surface area contributed by atoms with Crippen molar-refractivity contribution in [3.63, 3.8) is 0 Å². The van der Waals surface area contributed by atoms with Crippen molar-refractivity contribution >= 4 is 5.91 Å². The van der Waals surface area contributed by atoms with Gasteiger partial charge in [0.25, 0.3) is 0 Å². The minimum absolute atomic E-state index is 0.161. The van der Waals surface area contributed by atoms with Crippen molar-refractivity contribution in [2.45, 2.75) is 39.7 Å². The Bertz CT molecular complexity index is 375. The van der Waals surface area contributed by atoms with Crippen LogP contribution in [0.4, 0.5) is 0 Å². The van der Waals surface area contributed by atoms with E-state index in [1.165, 1.54) is 18.4 Å². The minimum Gasteiger partial charge on any atom is -0.299 e. The molecule has 0 aliphatic rings. The maximum Gasteiger partial charge on any atom is 0.238 e. The van der Waals surface area contributed by atoms with Crippen molar-refractivity contribution in [3.05, 3.63) is 35.4 Å². The lowest BCUT2D eigenvalue weighted by molar-refractivity contribution is -0.120. The molecule has 0 fully saturated rings. The monoisotopic (exact) mass is 263 g/mol. The summed E-state index contributed by atoms with van der Waals surface area (Å²) in [6.45, 7) is 7.59. The zero-order valence-electron chi connectivity index (χ0n) is 12.0. The van der Waals surface area contributed by atoms with Gasteiger partial charge >= 0.3 is 0 Å². The zero-order valence-corrected chi connectivity index (χ0v) is 12.0. The molecule has 1 aromatic rings. The molecular weight excluding hydrogens is 238 g/mol. The number of hydrogen-bond donors (Lipinski definition) is 2. The van der Waals surface area contributed by atoms with Gasteiger partial charge in [0.1, 0.15) is 0 Å². The number of nitrogens with two attached hydrogens (primary N) is 1. The first-order valence-electron chi connectivity index (χ1n) is 6.99. The average Bonchev–Trinajstić information content (AvgIpc) is 2.45. The Labute approximate surface area is 115 Å². The molecule has 0 unspecified atom stereocenters. The van der Waals surface area contributed by atoms with Crippen molar-refractivity contribution in [2.24, 2.45) is 5.84 Å². The van der Waals surface area contributed by atoms with Crippen LogP contribution >= 0.6 is 0 Å². The Kier molecular flexibility index (Phi) is 7.15. The predicted molar refractivity (Wildman–Crippen MR) is 78.3 cm³/mol. The van der Waals surface area contributed by atoms with E-state index in [0.717, 1.165) is 25.2 Å². The van der Waals surface area contributed by atoms with E-state index < -0.39 is 0 Å². The lowest BCUT2D eigenvalue weighted by Crippen LogP contribution is -2.31. The summed E-state index contributed by atoms with van der Waals surface area (Å²) in [7, 11) is 0. The Hall–Kier alpha value is -1.39. The molecule has 0 aromatic heterocycles. The Morgan fingerprint density at radius 2 is 1.84 bits per heavy atom. The lowest BCUT2D eigenvalue weighted by Gasteiger charge is -2.20. The normalized spacial score (nSPS) is 10.7. The number of nitrogens with zero attached hydrogens (tertiary/aromatic N) is 1. The SMILES string of the molecule is CCCCN(CC)Cc1ccc(CC(=O)NN)cc1. The number of benzene rings is 1. The van der Waals surface area contributed by atoms with Gasteiger partial charge in [-0.15, -0.1) is 0 Å². The second kappa shape index (κ2) is 8.67. The van der Waals surface area contributed by atoms with Crippen LogP contribution in [0.3, 0.4) is 0 Å². The van der Waals surface area contributed by atoms with Gasteiger partial charge in [-0.1, -0.05) is 44.5 Å². The number of carbonyl (C=O) groups excluding carboxylic acids is 1. The molecule has 1 amide bonds. The zero-order chi connectivity index (χ0) is 14.1. The molecule has 19 heavy (non-hydrogen) atoms. The van der Waals surface area contributed by atoms with E-state index in [1.54, 1.807) is 0 Å². The fraction of sp³-hybridized carbons (Fsp3) is 0.533. The second-order valence-corrected chi connectivity index (χ2v) is 4.78. The van der Waals surface area contributed by atoms with Gasteiger partial charge in [0.05, 0.1) is 6.42 Å². The Morgan fingerprint density at radius 1 is 1.21 bits per heavy atom. The van der Waals surface area contributed by atoms with E-state index in [4.69, 9.17) is 5.84 Å². The Balaban J connectivity index is 2.53. The molecule has 0 heterocycles. The van der Waals surface area contributed by atoms with Gasteiger partial charge in [-0.2, -0.15) is 0 Å². The number of amides is 1. The molecule has 4 nitrogen and oxygen atoms in total. The first kappa shape index (κ1) is 15.7.